The maximum absolute atomic E-state index is 14.2. The second kappa shape index (κ2) is 5.00. The van der Waals surface area contributed by atoms with Crippen LogP contribution in [0.3, 0.4) is 0 Å². The molecule has 2 heteroatoms. The Hall–Kier alpha value is -0.890. The van der Waals surface area contributed by atoms with Crippen molar-refractivity contribution in [1.82, 2.24) is 5.32 Å². The highest BCUT2D eigenvalue weighted by Crippen LogP contribution is 2.41. The molecule has 1 saturated heterocycles. The van der Waals surface area contributed by atoms with Gasteiger partial charge in [-0.15, -0.1) is 0 Å². The molecule has 1 aromatic carbocycles. The summed E-state index contributed by atoms with van der Waals surface area (Å²) in [6.07, 6.45) is 4.38. The van der Waals surface area contributed by atoms with Crippen LogP contribution in [0.1, 0.15) is 52.0 Å². The van der Waals surface area contributed by atoms with Gasteiger partial charge < -0.3 is 5.32 Å². The fourth-order valence-corrected chi connectivity index (χ4v) is 3.20. The first kappa shape index (κ1) is 13.5. The minimum atomic E-state index is -0.179. The maximum Gasteiger partial charge on any atom is 0.128 e. The van der Waals surface area contributed by atoms with Crippen LogP contribution in [0.15, 0.2) is 24.3 Å². The first-order valence-corrected chi connectivity index (χ1v) is 6.93. The summed E-state index contributed by atoms with van der Waals surface area (Å²) in [6.45, 7) is 7.67. The Morgan fingerprint density at radius 3 is 2.50 bits per heavy atom. The van der Waals surface area contributed by atoms with Crippen LogP contribution in [0.2, 0.25) is 0 Å². The Morgan fingerprint density at radius 2 is 1.94 bits per heavy atom. The molecular weight excluding hydrogens is 225 g/mol. The normalized spacial score (nSPS) is 25.1. The predicted octanol–water partition coefficient (Wildman–Crippen LogP) is 4.23. The van der Waals surface area contributed by atoms with Crippen LogP contribution in [0.25, 0.3) is 0 Å². The average Bonchev–Trinajstić information content (AvgIpc) is 2.28. The van der Waals surface area contributed by atoms with Gasteiger partial charge in [-0.2, -0.15) is 0 Å². The molecule has 0 spiro atoms. The van der Waals surface area contributed by atoms with Gasteiger partial charge >= 0.3 is 0 Å². The Morgan fingerprint density at radius 1 is 1.22 bits per heavy atom. The molecule has 1 atom stereocenters. The predicted molar refractivity (Wildman–Crippen MR) is 74.0 cm³/mol. The third-order valence-electron chi connectivity index (χ3n) is 3.72. The molecule has 1 aliphatic heterocycles. The van der Waals surface area contributed by atoms with Gasteiger partial charge in [-0.3, -0.25) is 0 Å². The van der Waals surface area contributed by atoms with E-state index in [4.69, 9.17) is 0 Å². The molecule has 1 aliphatic rings. The molecule has 1 heterocycles. The minimum absolute atomic E-state index is 0.0730. The molecule has 0 aromatic heterocycles. The lowest BCUT2D eigenvalue weighted by Gasteiger charge is -2.43. The van der Waals surface area contributed by atoms with Crippen molar-refractivity contribution in [2.24, 2.45) is 5.41 Å². The third-order valence-corrected chi connectivity index (χ3v) is 3.72. The summed E-state index contributed by atoms with van der Waals surface area (Å²) in [5, 5.41) is 3.61. The molecule has 0 aliphatic carbocycles. The third kappa shape index (κ3) is 2.92. The highest BCUT2D eigenvalue weighted by molar-refractivity contribution is 5.27. The average molecular weight is 249 g/mol. The molecule has 1 unspecified atom stereocenters. The Labute approximate surface area is 110 Å². The Kier molecular flexibility index (Phi) is 3.76. The van der Waals surface area contributed by atoms with Gasteiger partial charge in [-0.25, -0.2) is 4.39 Å². The van der Waals surface area contributed by atoms with Gasteiger partial charge in [0.25, 0.3) is 0 Å². The molecule has 0 bridgehead atoms. The lowest BCUT2D eigenvalue weighted by molar-refractivity contribution is 0.164. The first-order valence-electron chi connectivity index (χ1n) is 6.93. The van der Waals surface area contributed by atoms with E-state index in [0.29, 0.717) is 0 Å². The molecule has 18 heavy (non-hydrogen) atoms. The van der Waals surface area contributed by atoms with E-state index in [1.54, 1.807) is 12.1 Å². The summed E-state index contributed by atoms with van der Waals surface area (Å²) in [4.78, 5) is 0. The Balaban J connectivity index is 2.39. The first-order chi connectivity index (χ1) is 8.43. The van der Waals surface area contributed by atoms with Crippen LogP contribution in [-0.2, 0) is 5.54 Å². The standard InChI is InChI=1S/C16H24FN/c1-15(2,3)12-16(10-6-7-11-18-16)13-8-4-5-9-14(13)17/h4-5,8-9,18H,6-7,10-12H2,1-3H3. The van der Waals surface area contributed by atoms with Crippen LogP contribution >= 0.6 is 0 Å². The van der Waals surface area contributed by atoms with Crippen LogP contribution in [-0.4, -0.2) is 6.54 Å². The molecule has 1 N–H and O–H groups in total. The summed E-state index contributed by atoms with van der Waals surface area (Å²) in [6, 6.07) is 7.24. The van der Waals surface area contributed by atoms with E-state index in [1.807, 2.05) is 12.1 Å². The van der Waals surface area contributed by atoms with Crippen molar-refractivity contribution < 1.29 is 4.39 Å². The highest BCUT2D eigenvalue weighted by atomic mass is 19.1. The monoisotopic (exact) mass is 249 g/mol. The van der Waals surface area contributed by atoms with Crippen molar-refractivity contribution in [3.05, 3.63) is 35.6 Å². The van der Waals surface area contributed by atoms with Crippen molar-refractivity contribution in [3.8, 4) is 0 Å². The number of halogens is 1. The number of nitrogens with one attached hydrogen (secondary N) is 1. The maximum atomic E-state index is 14.2. The second-order valence-electron chi connectivity index (χ2n) is 6.68. The summed E-state index contributed by atoms with van der Waals surface area (Å²) < 4.78 is 14.2. The molecule has 1 nitrogen and oxygen atoms in total. The summed E-state index contributed by atoms with van der Waals surface area (Å²) in [5.74, 6) is -0.0730. The molecule has 1 aromatic rings. The number of hydrogen-bond acceptors (Lipinski definition) is 1. The number of hydrogen-bond donors (Lipinski definition) is 1. The van der Waals surface area contributed by atoms with Gasteiger partial charge in [0.2, 0.25) is 0 Å². The van der Waals surface area contributed by atoms with Crippen LogP contribution in [0.4, 0.5) is 4.39 Å². The van der Waals surface area contributed by atoms with Crippen molar-refractivity contribution in [1.29, 1.82) is 0 Å². The molecule has 0 radical (unpaired) electrons. The number of benzene rings is 1. The van der Waals surface area contributed by atoms with Crippen LogP contribution in [0, 0.1) is 11.2 Å². The molecular formula is C16H24FN. The molecule has 2 rings (SSSR count). The zero-order chi connectivity index (χ0) is 13.2. The lowest BCUT2D eigenvalue weighted by Crippen LogP contribution is -2.48. The number of rotatable bonds is 2. The molecule has 0 saturated carbocycles. The summed E-state index contributed by atoms with van der Waals surface area (Å²) >= 11 is 0. The van der Waals surface area contributed by atoms with E-state index in [-0.39, 0.29) is 16.8 Å². The van der Waals surface area contributed by atoms with Crippen molar-refractivity contribution in [2.45, 2.75) is 52.0 Å². The van der Waals surface area contributed by atoms with Gasteiger partial charge in [0.05, 0.1) is 0 Å². The minimum Gasteiger partial charge on any atom is -0.307 e. The van der Waals surface area contributed by atoms with E-state index in [1.165, 1.54) is 12.8 Å². The zero-order valence-corrected chi connectivity index (χ0v) is 11.7. The Bertz CT molecular complexity index is 400. The van der Waals surface area contributed by atoms with E-state index < -0.39 is 0 Å². The second-order valence-corrected chi connectivity index (χ2v) is 6.68. The smallest absolute Gasteiger partial charge is 0.128 e. The van der Waals surface area contributed by atoms with E-state index >= 15 is 0 Å². The SMILES string of the molecule is CC(C)(C)CC1(c2ccccc2F)CCCCN1. The van der Waals surface area contributed by atoms with E-state index in [2.05, 4.69) is 26.1 Å². The van der Waals surface area contributed by atoms with Crippen LogP contribution < -0.4 is 5.32 Å². The van der Waals surface area contributed by atoms with E-state index in [0.717, 1.165) is 24.9 Å². The topological polar surface area (TPSA) is 12.0 Å². The largest absolute Gasteiger partial charge is 0.307 e. The number of piperidine rings is 1. The fourth-order valence-electron chi connectivity index (χ4n) is 3.20. The van der Waals surface area contributed by atoms with Gasteiger partial charge in [0.15, 0.2) is 0 Å². The lowest BCUT2D eigenvalue weighted by atomic mass is 9.71. The molecule has 1 fully saturated rings. The summed E-state index contributed by atoms with van der Waals surface area (Å²) in [7, 11) is 0. The van der Waals surface area contributed by atoms with Gasteiger partial charge in [-0.1, -0.05) is 45.4 Å². The zero-order valence-electron chi connectivity index (χ0n) is 11.7. The van der Waals surface area contributed by atoms with Crippen molar-refractivity contribution >= 4 is 0 Å². The van der Waals surface area contributed by atoms with Crippen molar-refractivity contribution in [2.75, 3.05) is 6.54 Å². The van der Waals surface area contributed by atoms with Gasteiger partial charge in [-0.05, 0) is 37.3 Å². The highest BCUT2D eigenvalue weighted by Gasteiger charge is 2.38. The molecule has 100 valence electrons. The fraction of sp³-hybridized carbons (Fsp3) is 0.625. The van der Waals surface area contributed by atoms with Gasteiger partial charge in [0, 0.05) is 11.1 Å². The van der Waals surface area contributed by atoms with Crippen LogP contribution in [0.5, 0.6) is 0 Å². The quantitative estimate of drug-likeness (QED) is 0.827. The van der Waals surface area contributed by atoms with Crippen molar-refractivity contribution in [3.63, 3.8) is 0 Å². The summed E-state index contributed by atoms with van der Waals surface area (Å²) in [5.41, 5.74) is 0.855. The van der Waals surface area contributed by atoms with Gasteiger partial charge in [0.1, 0.15) is 5.82 Å². The van der Waals surface area contributed by atoms with E-state index in [9.17, 15) is 4.39 Å². The molecule has 0 amide bonds.